The number of hydrogen-bond donors (Lipinski definition) is 1. The number of ether oxygens (including phenoxy) is 2. The summed E-state index contributed by atoms with van der Waals surface area (Å²) in [5.74, 6) is 1.30. The number of benzene rings is 1. The normalized spacial score (nSPS) is 10.5. The highest BCUT2D eigenvalue weighted by molar-refractivity contribution is 7.13. The molecule has 2 heterocycles. The summed E-state index contributed by atoms with van der Waals surface area (Å²) in [4.78, 5) is 17.8. The minimum Gasteiger partial charge on any atom is -0.493 e. The molecule has 0 radical (unpaired) electrons. The fourth-order valence-corrected chi connectivity index (χ4v) is 3.78. The summed E-state index contributed by atoms with van der Waals surface area (Å²) < 4.78 is 10.6. The van der Waals surface area contributed by atoms with Crippen molar-refractivity contribution >= 4 is 28.6 Å². The number of methoxy groups -OCH3 is 2. The number of thiophene rings is 1. The van der Waals surface area contributed by atoms with Crippen LogP contribution in [-0.4, -0.2) is 25.1 Å². The molecule has 0 saturated heterocycles. The van der Waals surface area contributed by atoms with Crippen molar-refractivity contribution < 1.29 is 14.3 Å². The fourth-order valence-electron chi connectivity index (χ4n) is 2.32. The predicted octanol–water partition coefficient (Wildman–Crippen LogP) is 3.75. The zero-order valence-corrected chi connectivity index (χ0v) is 15.6. The van der Waals surface area contributed by atoms with Gasteiger partial charge < -0.3 is 14.8 Å². The SMILES string of the molecule is COc1ccc(-c2nc(CC(=O)NCc3cccs3)cs2)cc1OC. The molecule has 3 rings (SSSR count). The molecule has 2 aromatic heterocycles. The number of thiazole rings is 1. The first-order chi connectivity index (χ1) is 12.2. The molecular formula is C18H18N2O3S2. The maximum atomic E-state index is 12.1. The van der Waals surface area contributed by atoms with Gasteiger partial charge in [-0.25, -0.2) is 4.98 Å². The first kappa shape index (κ1) is 17.4. The van der Waals surface area contributed by atoms with Crippen LogP contribution in [0.5, 0.6) is 11.5 Å². The molecule has 5 nitrogen and oxygen atoms in total. The van der Waals surface area contributed by atoms with Crippen molar-refractivity contribution in [3.8, 4) is 22.1 Å². The van der Waals surface area contributed by atoms with Crippen molar-refractivity contribution in [2.45, 2.75) is 13.0 Å². The minimum absolute atomic E-state index is 0.0300. The van der Waals surface area contributed by atoms with E-state index in [1.165, 1.54) is 11.3 Å². The van der Waals surface area contributed by atoms with Gasteiger partial charge in [0.2, 0.25) is 5.91 Å². The number of hydrogen-bond acceptors (Lipinski definition) is 6. The zero-order valence-electron chi connectivity index (χ0n) is 13.9. The molecular weight excluding hydrogens is 356 g/mol. The van der Waals surface area contributed by atoms with Gasteiger partial charge in [0.1, 0.15) is 5.01 Å². The van der Waals surface area contributed by atoms with E-state index in [-0.39, 0.29) is 12.3 Å². The number of rotatable bonds is 7. The summed E-state index contributed by atoms with van der Waals surface area (Å²) >= 11 is 3.14. The molecule has 0 aliphatic rings. The van der Waals surface area contributed by atoms with Crippen LogP contribution >= 0.6 is 22.7 Å². The number of carbonyl (C=O) groups is 1. The molecule has 7 heteroatoms. The summed E-state index contributed by atoms with van der Waals surface area (Å²) in [5, 5.41) is 7.68. The monoisotopic (exact) mass is 374 g/mol. The molecule has 0 aliphatic heterocycles. The number of aromatic nitrogens is 1. The summed E-state index contributed by atoms with van der Waals surface area (Å²) in [5.41, 5.74) is 1.70. The number of nitrogens with one attached hydrogen (secondary N) is 1. The van der Waals surface area contributed by atoms with Crippen molar-refractivity contribution in [2.75, 3.05) is 14.2 Å². The molecule has 0 bridgehead atoms. The van der Waals surface area contributed by atoms with E-state index in [9.17, 15) is 4.79 Å². The lowest BCUT2D eigenvalue weighted by Crippen LogP contribution is -2.24. The van der Waals surface area contributed by atoms with Crippen LogP contribution in [0.15, 0.2) is 41.1 Å². The van der Waals surface area contributed by atoms with E-state index in [2.05, 4.69) is 10.3 Å². The Balaban J connectivity index is 1.64. The molecule has 1 aromatic carbocycles. The topological polar surface area (TPSA) is 60.5 Å². The second-order valence-electron chi connectivity index (χ2n) is 5.25. The molecule has 0 unspecified atom stereocenters. The number of amides is 1. The Bertz CT molecular complexity index is 844. The summed E-state index contributed by atoms with van der Waals surface area (Å²) in [6, 6.07) is 9.65. The van der Waals surface area contributed by atoms with Crippen LogP contribution in [0.1, 0.15) is 10.6 Å². The highest BCUT2D eigenvalue weighted by atomic mass is 32.1. The van der Waals surface area contributed by atoms with Gasteiger partial charge in [-0.2, -0.15) is 0 Å². The summed E-state index contributed by atoms with van der Waals surface area (Å²) in [6.45, 7) is 0.559. The molecule has 0 fully saturated rings. The van der Waals surface area contributed by atoms with Gasteiger partial charge in [0.05, 0.1) is 32.9 Å². The Morgan fingerprint density at radius 3 is 2.72 bits per heavy atom. The third-order valence-electron chi connectivity index (χ3n) is 3.56. The summed E-state index contributed by atoms with van der Waals surface area (Å²) in [7, 11) is 3.21. The third-order valence-corrected chi connectivity index (χ3v) is 5.38. The van der Waals surface area contributed by atoms with E-state index in [0.29, 0.717) is 18.0 Å². The molecule has 25 heavy (non-hydrogen) atoms. The van der Waals surface area contributed by atoms with Crippen LogP contribution in [0.3, 0.4) is 0 Å². The second kappa shape index (κ2) is 8.13. The highest BCUT2D eigenvalue weighted by Gasteiger charge is 2.11. The van der Waals surface area contributed by atoms with Gasteiger partial charge in [-0.1, -0.05) is 6.07 Å². The molecule has 130 valence electrons. The van der Waals surface area contributed by atoms with Gasteiger partial charge in [0.15, 0.2) is 11.5 Å². The van der Waals surface area contributed by atoms with Crippen LogP contribution in [0.2, 0.25) is 0 Å². The van der Waals surface area contributed by atoms with Crippen molar-refractivity contribution in [3.05, 3.63) is 51.7 Å². The second-order valence-corrected chi connectivity index (χ2v) is 7.14. The highest BCUT2D eigenvalue weighted by Crippen LogP contribution is 2.33. The Morgan fingerprint density at radius 1 is 1.16 bits per heavy atom. The van der Waals surface area contributed by atoms with E-state index in [4.69, 9.17) is 9.47 Å². The van der Waals surface area contributed by atoms with Gasteiger partial charge in [0, 0.05) is 15.8 Å². The predicted molar refractivity (Wildman–Crippen MR) is 101 cm³/mol. The Labute approximate surface area is 154 Å². The first-order valence-electron chi connectivity index (χ1n) is 7.65. The molecule has 0 aliphatic carbocycles. The van der Waals surface area contributed by atoms with Crippen LogP contribution in [-0.2, 0) is 17.8 Å². The van der Waals surface area contributed by atoms with Crippen molar-refractivity contribution in [1.29, 1.82) is 0 Å². The van der Waals surface area contributed by atoms with E-state index >= 15 is 0 Å². The van der Waals surface area contributed by atoms with Crippen LogP contribution < -0.4 is 14.8 Å². The average Bonchev–Trinajstić information content (AvgIpc) is 3.31. The van der Waals surface area contributed by atoms with Gasteiger partial charge in [-0.3, -0.25) is 4.79 Å². The van der Waals surface area contributed by atoms with Gasteiger partial charge in [-0.15, -0.1) is 22.7 Å². The average molecular weight is 374 g/mol. The van der Waals surface area contributed by atoms with Crippen LogP contribution in [0.4, 0.5) is 0 Å². The Morgan fingerprint density at radius 2 is 2.00 bits per heavy atom. The van der Waals surface area contributed by atoms with E-state index in [0.717, 1.165) is 21.1 Å². The van der Waals surface area contributed by atoms with Gasteiger partial charge in [0.25, 0.3) is 0 Å². The molecule has 0 atom stereocenters. The number of nitrogens with zero attached hydrogens (tertiary/aromatic N) is 1. The van der Waals surface area contributed by atoms with E-state index < -0.39 is 0 Å². The van der Waals surface area contributed by atoms with Gasteiger partial charge >= 0.3 is 0 Å². The van der Waals surface area contributed by atoms with Crippen molar-refractivity contribution in [2.24, 2.45) is 0 Å². The molecule has 1 amide bonds. The minimum atomic E-state index is -0.0300. The standard InChI is InChI=1S/C18H18N2O3S2/c1-22-15-6-5-12(8-16(15)23-2)18-20-13(11-25-18)9-17(21)19-10-14-4-3-7-24-14/h3-8,11H,9-10H2,1-2H3,(H,19,21). The summed E-state index contributed by atoms with van der Waals surface area (Å²) in [6.07, 6.45) is 0.273. The molecule has 0 spiro atoms. The maximum absolute atomic E-state index is 12.1. The lowest BCUT2D eigenvalue weighted by atomic mass is 10.2. The largest absolute Gasteiger partial charge is 0.493 e. The fraction of sp³-hybridized carbons (Fsp3) is 0.222. The van der Waals surface area contributed by atoms with Gasteiger partial charge in [-0.05, 0) is 29.6 Å². The van der Waals surface area contributed by atoms with Crippen LogP contribution in [0, 0.1) is 0 Å². The van der Waals surface area contributed by atoms with E-state index in [1.807, 2.05) is 41.1 Å². The van der Waals surface area contributed by atoms with Crippen LogP contribution in [0.25, 0.3) is 10.6 Å². The Hall–Kier alpha value is -2.38. The quantitative estimate of drug-likeness (QED) is 0.684. The lowest BCUT2D eigenvalue weighted by Gasteiger charge is -2.08. The zero-order chi connectivity index (χ0) is 17.6. The molecule has 0 saturated carbocycles. The first-order valence-corrected chi connectivity index (χ1v) is 9.41. The van der Waals surface area contributed by atoms with Crippen molar-refractivity contribution in [3.63, 3.8) is 0 Å². The van der Waals surface area contributed by atoms with Crippen molar-refractivity contribution in [1.82, 2.24) is 10.3 Å². The third kappa shape index (κ3) is 4.37. The lowest BCUT2D eigenvalue weighted by molar-refractivity contribution is -0.120. The smallest absolute Gasteiger partial charge is 0.226 e. The molecule has 1 N–H and O–H groups in total. The number of carbonyl (C=O) groups excluding carboxylic acids is 1. The Kier molecular flexibility index (Phi) is 5.67. The van der Waals surface area contributed by atoms with E-state index in [1.54, 1.807) is 25.6 Å². The molecule has 3 aromatic rings. The maximum Gasteiger partial charge on any atom is 0.226 e.